The summed E-state index contributed by atoms with van der Waals surface area (Å²) in [6, 6.07) is 0. The Labute approximate surface area is 95.8 Å². The second kappa shape index (κ2) is 4.64. The first kappa shape index (κ1) is 11.1. The Morgan fingerprint density at radius 1 is 1.50 bits per heavy atom. The molecule has 3 heteroatoms. The summed E-state index contributed by atoms with van der Waals surface area (Å²) < 4.78 is 5.72. The lowest BCUT2D eigenvalue weighted by Crippen LogP contribution is -2.10. The van der Waals surface area contributed by atoms with Crippen molar-refractivity contribution < 1.29 is 9.53 Å². The van der Waals surface area contributed by atoms with E-state index in [0.717, 1.165) is 29.9 Å². The van der Waals surface area contributed by atoms with E-state index in [1.165, 1.54) is 12.8 Å². The molecule has 0 bridgehead atoms. The fourth-order valence-corrected chi connectivity index (χ4v) is 1.75. The molecule has 3 nitrogen and oxygen atoms in total. The van der Waals surface area contributed by atoms with Gasteiger partial charge in [-0.25, -0.2) is 0 Å². The Morgan fingerprint density at radius 2 is 2.25 bits per heavy atom. The molecule has 0 saturated heterocycles. The molecule has 0 aliphatic heterocycles. The number of rotatable bonds is 5. The zero-order chi connectivity index (χ0) is 11.5. The van der Waals surface area contributed by atoms with E-state index >= 15 is 0 Å². The third kappa shape index (κ3) is 2.60. The summed E-state index contributed by atoms with van der Waals surface area (Å²) in [6.07, 6.45) is 7.85. The summed E-state index contributed by atoms with van der Waals surface area (Å²) in [7, 11) is 0. The molecule has 0 atom stereocenters. The van der Waals surface area contributed by atoms with Crippen molar-refractivity contribution in [2.24, 2.45) is 5.92 Å². The maximum atomic E-state index is 10.9. The number of pyridine rings is 1. The molecule has 1 heterocycles. The molecule has 16 heavy (non-hydrogen) atoms. The van der Waals surface area contributed by atoms with Gasteiger partial charge >= 0.3 is 0 Å². The molecule has 1 aliphatic rings. The number of carbonyl (C=O) groups excluding carboxylic acids is 1. The molecule has 0 amide bonds. The molecule has 0 spiro atoms. The Bertz CT molecular complexity index is 384. The van der Waals surface area contributed by atoms with Gasteiger partial charge in [0.1, 0.15) is 5.75 Å². The zero-order valence-corrected chi connectivity index (χ0v) is 9.77. The lowest BCUT2D eigenvalue weighted by Gasteiger charge is -2.15. The van der Waals surface area contributed by atoms with Crippen molar-refractivity contribution in [2.75, 3.05) is 0 Å². The highest BCUT2D eigenvalue weighted by Crippen LogP contribution is 2.36. The van der Waals surface area contributed by atoms with Gasteiger partial charge in [0.15, 0.2) is 6.29 Å². The number of carbonyl (C=O) groups is 1. The summed E-state index contributed by atoms with van der Waals surface area (Å²) in [5.74, 6) is 1.49. The average molecular weight is 219 g/mol. The van der Waals surface area contributed by atoms with E-state index in [4.69, 9.17) is 4.74 Å². The number of aldehydes is 1. The molecule has 1 aliphatic carbocycles. The van der Waals surface area contributed by atoms with Gasteiger partial charge in [-0.1, -0.05) is 0 Å². The van der Waals surface area contributed by atoms with Crippen molar-refractivity contribution in [1.29, 1.82) is 0 Å². The fraction of sp³-hybridized carbons (Fsp3) is 0.538. The van der Waals surface area contributed by atoms with Gasteiger partial charge in [0.05, 0.1) is 11.7 Å². The fourth-order valence-electron chi connectivity index (χ4n) is 1.75. The standard InChI is InChI=1S/C13H17NO2/c1-9(2)16-13-11(5-10-3-4-10)6-14-7-12(13)8-15/h6-10H,3-5H2,1-2H3. The highest BCUT2D eigenvalue weighted by Gasteiger charge is 2.24. The number of nitrogens with zero attached hydrogens (tertiary/aromatic N) is 1. The Balaban J connectivity index is 2.28. The Morgan fingerprint density at radius 3 is 2.81 bits per heavy atom. The van der Waals surface area contributed by atoms with Crippen LogP contribution >= 0.6 is 0 Å². The maximum Gasteiger partial charge on any atom is 0.155 e. The Hall–Kier alpha value is -1.38. The lowest BCUT2D eigenvalue weighted by atomic mass is 10.1. The van der Waals surface area contributed by atoms with Crippen LogP contribution in [-0.2, 0) is 6.42 Å². The van der Waals surface area contributed by atoms with Gasteiger partial charge in [0.2, 0.25) is 0 Å². The summed E-state index contributed by atoms with van der Waals surface area (Å²) >= 11 is 0. The van der Waals surface area contributed by atoms with Gasteiger partial charge in [0, 0.05) is 18.0 Å². The van der Waals surface area contributed by atoms with E-state index in [0.29, 0.717) is 5.56 Å². The van der Waals surface area contributed by atoms with Crippen LogP contribution in [0, 0.1) is 5.92 Å². The summed E-state index contributed by atoms with van der Waals surface area (Å²) in [4.78, 5) is 15.0. The van der Waals surface area contributed by atoms with Crippen LogP contribution in [0.2, 0.25) is 0 Å². The minimum absolute atomic E-state index is 0.0825. The van der Waals surface area contributed by atoms with Gasteiger partial charge in [0.25, 0.3) is 0 Å². The van der Waals surface area contributed by atoms with Crippen LogP contribution in [0.5, 0.6) is 5.75 Å². The maximum absolute atomic E-state index is 10.9. The van der Waals surface area contributed by atoms with E-state index in [9.17, 15) is 4.79 Å². The van der Waals surface area contributed by atoms with Crippen LogP contribution < -0.4 is 4.74 Å². The molecule has 1 saturated carbocycles. The number of hydrogen-bond donors (Lipinski definition) is 0. The number of ether oxygens (including phenoxy) is 1. The van der Waals surface area contributed by atoms with Gasteiger partial charge in [-0.3, -0.25) is 9.78 Å². The molecular weight excluding hydrogens is 202 g/mol. The van der Waals surface area contributed by atoms with Crippen molar-refractivity contribution in [3.8, 4) is 5.75 Å². The number of aromatic nitrogens is 1. The minimum atomic E-state index is 0.0825. The van der Waals surface area contributed by atoms with Crippen molar-refractivity contribution in [2.45, 2.75) is 39.2 Å². The van der Waals surface area contributed by atoms with Crippen molar-refractivity contribution in [3.05, 3.63) is 23.5 Å². The minimum Gasteiger partial charge on any atom is -0.490 e. The van der Waals surface area contributed by atoms with E-state index < -0.39 is 0 Å². The first-order valence-corrected chi connectivity index (χ1v) is 5.79. The normalized spacial score (nSPS) is 15.2. The second-order valence-corrected chi connectivity index (χ2v) is 4.65. The van der Waals surface area contributed by atoms with E-state index in [2.05, 4.69) is 4.98 Å². The van der Waals surface area contributed by atoms with Crippen molar-refractivity contribution in [3.63, 3.8) is 0 Å². The molecule has 1 aromatic rings. The molecule has 2 rings (SSSR count). The van der Waals surface area contributed by atoms with Crippen LogP contribution in [0.4, 0.5) is 0 Å². The molecular formula is C13H17NO2. The summed E-state index contributed by atoms with van der Waals surface area (Å²) in [6.45, 7) is 3.94. The van der Waals surface area contributed by atoms with E-state index in [1.54, 1.807) is 6.20 Å². The SMILES string of the molecule is CC(C)Oc1c(C=O)cncc1CC1CC1. The molecule has 0 aromatic carbocycles. The molecule has 1 aromatic heterocycles. The van der Waals surface area contributed by atoms with Crippen LogP contribution in [-0.4, -0.2) is 17.4 Å². The largest absolute Gasteiger partial charge is 0.490 e. The van der Waals surface area contributed by atoms with Crippen LogP contribution in [0.25, 0.3) is 0 Å². The highest BCUT2D eigenvalue weighted by molar-refractivity contribution is 5.79. The lowest BCUT2D eigenvalue weighted by molar-refractivity contribution is 0.111. The topological polar surface area (TPSA) is 39.2 Å². The van der Waals surface area contributed by atoms with Gasteiger partial charge in [-0.15, -0.1) is 0 Å². The van der Waals surface area contributed by atoms with Gasteiger partial charge in [-0.2, -0.15) is 0 Å². The molecule has 0 unspecified atom stereocenters. The Kier molecular flexibility index (Phi) is 3.22. The van der Waals surface area contributed by atoms with Crippen LogP contribution in [0.1, 0.15) is 42.6 Å². The predicted octanol–water partition coefficient (Wildman–Crippen LogP) is 2.63. The van der Waals surface area contributed by atoms with Crippen LogP contribution in [0.3, 0.4) is 0 Å². The average Bonchev–Trinajstić information content (AvgIpc) is 3.04. The quantitative estimate of drug-likeness (QED) is 0.715. The van der Waals surface area contributed by atoms with E-state index in [-0.39, 0.29) is 6.10 Å². The summed E-state index contributed by atoms with van der Waals surface area (Å²) in [5, 5.41) is 0. The molecule has 1 fully saturated rings. The van der Waals surface area contributed by atoms with E-state index in [1.807, 2.05) is 20.0 Å². The predicted molar refractivity (Wildman–Crippen MR) is 61.8 cm³/mol. The highest BCUT2D eigenvalue weighted by atomic mass is 16.5. The summed E-state index contributed by atoms with van der Waals surface area (Å²) in [5.41, 5.74) is 1.63. The zero-order valence-electron chi connectivity index (χ0n) is 9.77. The van der Waals surface area contributed by atoms with Crippen molar-refractivity contribution >= 4 is 6.29 Å². The van der Waals surface area contributed by atoms with Crippen molar-refractivity contribution in [1.82, 2.24) is 4.98 Å². The molecule has 0 radical (unpaired) electrons. The number of hydrogen-bond acceptors (Lipinski definition) is 3. The first-order chi connectivity index (χ1) is 7.70. The third-order valence-corrected chi connectivity index (χ3v) is 2.68. The van der Waals surface area contributed by atoms with Gasteiger partial charge < -0.3 is 4.74 Å². The smallest absolute Gasteiger partial charge is 0.155 e. The first-order valence-electron chi connectivity index (χ1n) is 5.79. The van der Waals surface area contributed by atoms with Gasteiger partial charge in [-0.05, 0) is 39.0 Å². The molecule has 0 N–H and O–H groups in total. The second-order valence-electron chi connectivity index (χ2n) is 4.65. The molecule has 86 valence electrons. The third-order valence-electron chi connectivity index (χ3n) is 2.68. The van der Waals surface area contributed by atoms with Crippen LogP contribution in [0.15, 0.2) is 12.4 Å². The monoisotopic (exact) mass is 219 g/mol.